The zero-order valence-corrected chi connectivity index (χ0v) is 14.4. The number of piperidine rings is 1. The molecule has 1 aliphatic rings. The predicted molar refractivity (Wildman–Crippen MR) is 86.4 cm³/mol. The van der Waals surface area contributed by atoms with E-state index in [1.54, 1.807) is 7.11 Å². The van der Waals surface area contributed by atoms with Crippen molar-refractivity contribution >= 4 is 5.91 Å². The van der Waals surface area contributed by atoms with E-state index < -0.39 is 0 Å². The lowest BCUT2D eigenvalue weighted by Crippen LogP contribution is -2.46. The van der Waals surface area contributed by atoms with E-state index in [1.165, 1.54) is 12.8 Å². The van der Waals surface area contributed by atoms with Crippen molar-refractivity contribution in [1.29, 1.82) is 0 Å². The van der Waals surface area contributed by atoms with Gasteiger partial charge in [-0.15, -0.1) is 0 Å². The lowest BCUT2D eigenvalue weighted by molar-refractivity contribution is -0.123. The number of carbonyl (C=O) groups is 1. The van der Waals surface area contributed by atoms with Crippen LogP contribution >= 0.6 is 0 Å². The van der Waals surface area contributed by atoms with E-state index in [9.17, 15) is 4.79 Å². The van der Waals surface area contributed by atoms with Crippen LogP contribution < -0.4 is 10.6 Å². The highest BCUT2D eigenvalue weighted by atomic mass is 16.5. The van der Waals surface area contributed by atoms with Gasteiger partial charge in [0.1, 0.15) is 0 Å². The third kappa shape index (κ3) is 8.39. The fraction of sp³-hybridized carbons (Fsp3) is 0.938. The molecular formula is C16H33N3O2. The second kappa shape index (κ2) is 8.71. The Morgan fingerprint density at radius 2 is 1.95 bits per heavy atom. The first kappa shape index (κ1) is 18.4. The number of nitrogens with one attached hydrogen (secondary N) is 2. The minimum absolute atomic E-state index is 0.0797. The minimum atomic E-state index is 0.0797. The van der Waals surface area contributed by atoms with Gasteiger partial charge in [-0.2, -0.15) is 0 Å². The molecule has 1 saturated heterocycles. The van der Waals surface area contributed by atoms with E-state index in [4.69, 9.17) is 4.74 Å². The lowest BCUT2D eigenvalue weighted by atomic mass is 9.95. The van der Waals surface area contributed by atoms with Crippen molar-refractivity contribution in [2.24, 2.45) is 5.92 Å². The molecule has 5 nitrogen and oxygen atoms in total. The summed E-state index contributed by atoms with van der Waals surface area (Å²) in [5.74, 6) is 0.835. The van der Waals surface area contributed by atoms with E-state index in [1.807, 2.05) is 6.92 Å². The van der Waals surface area contributed by atoms with Gasteiger partial charge in [-0.3, -0.25) is 9.69 Å². The molecule has 21 heavy (non-hydrogen) atoms. The van der Waals surface area contributed by atoms with Crippen molar-refractivity contribution < 1.29 is 9.53 Å². The quantitative estimate of drug-likeness (QED) is 0.742. The predicted octanol–water partition coefficient (Wildman–Crippen LogP) is 1.24. The van der Waals surface area contributed by atoms with Crippen LogP contribution in [0.15, 0.2) is 0 Å². The van der Waals surface area contributed by atoms with Crippen molar-refractivity contribution in [2.45, 2.75) is 52.1 Å². The standard InChI is InChI=1S/C16H33N3O2/c1-13(12-21-5)18-15(20)11-19-8-6-14(7-9-19)10-17-16(2,3)4/h13-14,17H,6-12H2,1-5H3,(H,18,20). The van der Waals surface area contributed by atoms with E-state index in [2.05, 4.69) is 36.3 Å². The summed E-state index contributed by atoms with van der Waals surface area (Å²) in [6.45, 7) is 12.8. The van der Waals surface area contributed by atoms with Gasteiger partial charge in [0, 0.05) is 18.7 Å². The van der Waals surface area contributed by atoms with Crippen LogP contribution in [0.3, 0.4) is 0 Å². The fourth-order valence-electron chi connectivity index (χ4n) is 2.61. The van der Waals surface area contributed by atoms with Gasteiger partial charge < -0.3 is 15.4 Å². The van der Waals surface area contributed by atoms with Gasteiger partial charge in [-0.25, -0.2) is 0 Å². The summed E-state index contributed by atoms with van der Waals surface area (Å²) >= 11 is 0. The number of ether oxygens (including phenoxy) is 1. The topological polar surface area (TPSA) is 53.6 Å². The molecule has 124 valence electrons. The van der Waals surface area contributed by atoms with Gasteiger partial charge in [0.15, 0.2) is 0 Å². The maximum atomic E-state index is 11.9. The molecule has 1 amide bonds. The summed E-state index contributed by atoms with van der Waals surface area (Å²) in [6.07, 6.45) is 2.34. The summed E-state index contributed by atoms with van der Waals surface area (Å²) < 4.78 is 5.03. The maximum absolute atomic E-state index is 11.9. The normalized spacial score (nSPS) is 19.5. The lowest BCUT2D eigenvalue weighted by Gasteiger charge is -2.33. The average Bonchev–Trinajstić information content (AvgIpc) is 2.37. The van der Waals surface area contributed by atoms with Gasteiger partial charge >= 0.3 is 0 Å². The highest BCUT2D eigenvalue weighted by Crippen LogP contribution is 2.17. The molecule has 0 aromatic rings. The zero-order chi connectivity index (χ0) is 15.9. The van der Waals surface area contributed by atoms with Crippen LogP contribution in [0.2, 0.25) is 0 Å². The minimum Gasteiger partial charge on any atom is -0.383 e. The first-order chi connectivity index (χ1) is 9.80. The molecule has 2 N–H and O–H groups in total. The Morgan fingerprint density at radius 3 is 2.48 bits per heavy atom. The highest BCUT2D eigenvalue weighted by Gasteiger charge is 2.22. The molecule has 5 heteroatoms. The van der Waals surface area contributed by atoms with Crippen molar-refractivity contribution in [2.75, 3.05) is 39.9 Å². The van der Waals surface area contributed by atoms with Crippen LogP contribution in [0, 0.1) is 5.92 Å². The molecule has 0 radical (unpaired) electrons. The van der Waals surface area contributed by atoms with Gasteiger partial charge in [-0.05, 0) is 66.1 Å². The molecule has 0 aliphatic carbocycles. The van der Waals surface area contributed by atoms with Gasteiger partial charge in [-0.1, -0.05) is 0 Å². The van der Waals surface area contributed by atoms with E-state index in [0.29, 0.717) is 13.2 Å². The summed E-state index contributed by atoms with van der Waals surface area (Å²) in [6, 6.07) is 0.0797. The number of likely N-dealkylation sites (tertiary alicyclic amines) is 1. The number of amides is 1. The SMILES string of the molecule is COCC(C)NC(=O)CN1CCC(CNC(C)(C)C)CC1. The zero-order valence-electron chi connectivity index (χ0n) is 14.4. The largest absolute Gasteiger partial charge is 0.383 e. The number of carbonyl (C=O) groups excluding carboxylic acids is 1. The van der Waals surface area contributed by atoms with Gasteiger partial charge in [0.2, 0.25) is 5.91 Å². The van der Waals surface area contributed by atoms with Gasteiger partial charge in [0.25, 0.3) is 0 Å². The Bertz CT molecular complexity index is 307. The Kier molecular flexibility index (Phi) is 7.63. The summed E-state index contributed by atoms with van der Waals surface area (Å²) in [4.78, 5) is 14.2. The third-order valence-corrected chi connectivity index (χ3v) is 3.82. The Morgan fingerprint density at radius 1 is 1.33 bits per heavy atom. The van der Waals surface area contributed by atoms with Crippen LogP contribution in [0.4, 0.5) is 0 Å². The maximum Gasteiger partial charge on any atom is 0.234 e. The first-order valence-corrected chi connectivity index (χ1v) is 8.06. The number of rotatable bonds is 7. The molecule has 0 bridgehead atoms. The molecule has 1 fully saturated rings. The van der Waals surface area contributed by atoms with Crippen LogP contribution in [0.5, 0.6) is 0 Å². The average molecular weight is 299 g/mol. The smallest absolute Gasteiger partial charge is 0.234 e. The molecule has 0 aromatic carbocycles. The monoisotopic (exact) mass is 299 g/mol. The van der Waals surface area contributed by atoms with E-state index in [0.717, 1.165) is 25.6 Å². The second-order valence-corrected chi connectivity index (χ2v) is 7.27. The van der Waals surface area contributed by atoms with Gasteiger partial charge in [0.05, 0.1) is 13.2 Å². The Balaban J connectivity index is 2.19. The molecule has 1 aliphatic heterocycles. The van der Waals surface area contributed by atoms with Crippen molar-refractivity contribution in [1.82, 2.24) is 15.5 Å². The van der Waals surface area contributed by atoms with Crippen molar-refractivity contribution in [3.05, 3.63) is 0 Å². The molecule has 0 aromatic heterocycles. The number of hydrogen-bond donors (Lipinski definition) is 2. The summed E-state index contributed by atoms with van der Waals surface area (Å²) in [5, 5.41) is 6.54. The van der Waals surface area contributed by atoms with Crippen molar-refractivity contribution in [3.8, 4) is 0 Å². The van der Waals surface area contributed by atoms with Crippen LogP contribution in [0.25, 0.3) is 0 Å². The fourth-order valence-corrected chi connectivity index (χ4v) is 2.61. The molecule has 1 atom stereocenters. The highest BCUT2D eigenvalue weighted by molar-refractivity contribution is 5.78. The second-order valence-electron chi connectivity index (χ2n) is 7.27. The third-order valence-electron chi connectivity index (χ3n) is 3.82. The van der Waals surface area contributed by atoms with Crippen molar-refractivity contribution in [3.63, 3.8) is 0 Å². The number of methoxy groups -OCH3 is 1. The Labute approximate surface area is 129 Å². The van der Waals surface area contributed by atoms with E-state index >= 15 is 0 Å². The first-order valence-electron chi connectivity index (χ1n) is 8.06. The summed E-state index contributed by atoms with van der Waals surface area (Å²) in [7, 11) is 1.65. The molecular weight excluding hydrogens is 266 g/mol. The molecule has 1 heterocycles. The van der Waals surface area contributed by atoms with Crippen LogP contribution in [0.1, 0.15) is 40.5 Å². The summed E-state index contributed by atoms with van der Waals surface area (Å²) in [5.41, 5.74) is 0.189. The van der Waals surface area contributed by atoms with Crippen LogP contribution in [-0.2, 0) is 9.53 Å². The molecule has 0 spiro atoms. The number of hydrogen-bond acceptors (Lipinski definition) is 4. The molecule has 1 rings (SSSR count). The Hall–Kier alpha value is -0.650. The van der Waals surface area contributed by atoms with E-state index in [-0.39, 0.29) is 17.5 Å². The van der Waals surface area contributed by atoms with Crippen LogP contribution in [-0.4, -0.2) is 62.3 Å². The molecule has 1 unspecified atom stereocenters. The number of nitrogens with zero attached hydrogens (tertiary/aromatic N) is 1. The molecule has 0 saturated carbocycles.